The maximum atomic E-state index is 13.9. The van der Waals surface area contributed by atoms with Crippen molar-refractivity contribution in [1.82, 2.24) is 9.66 Å². The highest BCUT2D eigenvalue weighted by atomic mass is 79.9. The fourth-order valence-corrected chi connectivity index (χ4v) is 5.43. The zero-order chi connectivity index (χ0) is 32.2. The lowest BCUT2D eigenvalue weighted by Gasteiger charge is -2.18. The largest absolute Gasteiger partial charge is 0.494 e. The summed E-state index contributed by atoms with van der Waals surface area (Å²) < 4.78 is 27.2. The van der Waals surface area contributed by atoms with Crippen LogP contribution in [0.4, 0.5) is 10.1 Å². The Hall–Kier alpha value is -4.90. The van der Waals surface area contributed by atoms with E-state index < -0.39 is 16.3 Å². The molecule has 4 aromatic carbocycles. The topological polar surface area (TPSA) is 109 Å². The summed E-state index contributed by atoms with van der Waals surface area (Å²) in [5.74, 6) is 0.635. The molecule has 0 spiro atoms. The predicted octanol–water partition coefficient (Wildman–Crippen LogP) is 8.17. The fourth-order valence-electron chi connectivity index (χ4n) is 4.97. The summed E-state index contributed by atoms with van der Waals surface area (Å²) in [4.78, 5) is 30.2. The lowest BCUT2D eigenvalue weighted by atomic mass is 9.96. The summed E-state index contributed by atoms with van der Waals surface area (Å²) in [6, 6.07) is 19.5. The second kappa shape index (κ2) is 13.4. The van der Waals surface area contributed by atoms with E-state index in [0.29, 0.717) is 38.9 Å². The number of rotatable bonds is 10. The quantitative estimate of drug-likeness (QED) is 0.0841. The van der Waals surface area contributed by atoms with Crippen LogP contribution >= 0.6 is 15.9 Å². The van der Waals surface area contributed by atoms with Gasteiger partial charge in [-0.2, -0.15) is 9.78 Å². The van der Waals surface area contributed by atoms with E-state index in [-0.39, 0.29) is 29.5 Å². The highest BCUT2D eigenvalue weighted by molar-refractivity contribution is 9.10. The van der Waals surface area contributed by atoms with Crippen molar-refractivity contribution in [3.63, 3.8) is 0 Å². The molecule has 0 unspecified atom stereocenters. The highest BCUT2D eigenvalue weighted by Gasteiger charge is 2.22. The van der Waals surface area contributed by atoms with E-state index in [1.54, 1.807) is 36.4 Å². The van der Waals surface area contributed by atoms with Crippen LogP contribution in [0.2, 0.25) is 0 Å². The van der Waals surface area contributed by atoms with Crippen LogP contribution in [-0.2, 0) is 6.61 Å². The van der Waals surface area contributed by atoms with Crippen molar-refractivity contribution >= 4 is 38.7 Å². The van der Waals surface area contributed by atoms with Crippen molar-refractivity contribution in [3.8, 4) is 22.9 Å². The average Bonchev–Trinajstić information content (AvgIpc) is 3.00. The standard InChI is InChI=1S/C34H30BrFN4O5/c1-5-44-31-13-21(4)28(17-27(31)20(2)3)33-38-29-12-7-6-11-26(29)34(41)39(33)37-18-23-15-24(35)16-30(40(42)43)32(23)45-19-22-9-8-10-25(36)14-22/h6-18,20H,5,19H2,1-4H3. The zero-order valence-electron chi connectivity index (χ0n) is 25.1. The van der Waals surface area contributed by atoms with Crippen molar-refractivity contribution in [3.05, 3.63) is 126 Å². The van der Waals surface area contributed by atoms with Gasteiger partial charge in [-0.15, -0.1) is 0 Å². The Morgan fingerprint density at radius 3 is 2.58 bits per heavy atom. The van der Waals surface area contributed by atoms with Crippen molar-refractivity contribution < 1.29 is 18.8 Å². The number of hydrogen-bond donors (Lipinski definition) is 0. The molecule has 0 aliphatic heterocycles. The van der Waals surface area contributed by atoms with Crippen LogP contribution in [0.3, 0.4) is 0 Å². The van der Waals surface area contributed by atoms with E-state index in [0.717, 1.165) is 16.9 Å². The number of benzene rings is 4. The molecule has 0 saturated carbocycles. The molecular weight excluding hydrogens is 643 g/mol. The average molecular weight is 674 g/mol. The second-order valence-corrected chi connectivity index (χ2v) is 11.5. The number of fused-ring (bicyclic) bond motifs is 1. The van der Waals surface area contributed by atoms with E-state index in [1.807, 2.05) is 26.0 Å². The molecule has 5 rings (SSSR count). The summed E-state index contributed by atoms with van der Waals surface area (Å²) in [7, 11) is 0. The van der Waals surface area contributed by atoms with Gasteiger partial charge in [0.25, 0.3) is 5.56 Å². The fraction of sp³-hybridized carbons (Fsp3) is 0.206. The molecule has 0 amide bonds. The van der Waals surface area contributed by atoms with Crippen LogP contribution in [0.1, 0.15) is 48.9 Å². The number of aryl methyl sites for hydroxylation is 1. The molecule has 1 heterocycles. The molecule has 1 aromatic heterocycles. The molecule has 0 bridgehead atoms. The number of nitro benzene ring substituents is 1. The van der Waals surface area contributed by atoms with E-state index in [2.05, 4.69) is 34.9 Å². The third kappa shape index (κ3) is 6.78. The molecule has 0 N–H and O–H groups in total. The number of nitrogens with zero attached hydrogens (tertiary/aromatic N) is 4. The van der Waals surface area contributed by atoms with E-state index in [4.69, 9.17) is 14.5 Å². The van der Waals surface area contributed by atoms with E-state index >= 15 is 0 Å². The van der Waals surface area contributed by atoms with Crippen molar-refractivity contribution in [2.45, 2.75) is 40.2 Å². The normalized spacial score (nSPS) is 11.4. The summed E-state index contributed by atoms with van der Waals surface area (Å²) in [6.07, 6.45) is 1.33. The van der Waals surface area contributed by atoms with Gasteiger partial charge in [0.05, 0.1) is 28.6 Å². The number of hydrogen-bond acceptors (Lipinski definition) is 7. The molecule has 45 heavy (non-hydrogen) atoms. The van der Waals surface area contributed by atoms with Crippen LogP contribution in [0.25, 0.3) is 22.3 Å². The molecule has 0 aliphatic carbocycles. The highest BCUT2D eigenvalue weighted by Crippen LogP contribution is 2.36. The SMILES string of the molecule is CCOc1cc(C)c(-c2nc3ccccc3c(=O)n2N=Cc2cc(Br)cc([N+](=O)[O-])c2OCc2cccc(F)c2)cc1C(C)C. The molecule has 9 nitrogen and oxygen atoms in total. The van der Waals surface area contributed by atoms with Crippen molar-refractivity contribution in [2.24, 2.45) is 5.10 Å². The first-order valence-electron chi connectivity index (χ1n) is 14.3. The van der Waals surface area contributed by atoms with Crippen molar-refractivity contribution in [2.75, 3.05) is 6.61 Å². The molecule has 0 fully saturated rings. The summed E-state index contributed by atoms with van der Waals surface area (Å²) >= 11 is 3.33. The molecule has 0 aliphatic rings. The minimum absolute atomic E-state index is 0.0844. The van der Waals surface area contributed by atoms with Gasteiger partial charge in [0.1, 0.15) is 18.2 Å². The number of nitro groups is 1. The first-order chi connectivity index (χ1) is 21.6. The Kier molecular flexibility index (Phi) is 9.38. The maximum absolute atomic E-state index is 13.9. The Morgan fingerprint density at radius 1 is 1.09 bits per heavy atom. The van der Waals surface area contributed by atoms with Crippen LogP contribution in [0.15, 0.2) is 87.2 Å². The van der Waals surface area contributed by atoms with Gasteiger partial charge in [0.15, 0.2) is 5.82 Å². The van der Waals surface area contributed by atoms with Crippen LogP contribution in [0.5, 0.6) is 11.5 Å². The second-order valence-electron chi connectivity index (χ2n) is 10.6. The predicted molar refractivity (Wildman–Crippen MR) is 176 cm³/mol. The number of para-hydroxylation sites is 1. The van der Waals surface area contributed by atoms with Gasteiger partial charge < -0.3 is 9.47 Å². The Bertz CT molecular complexity index is 2010. The first-order valence-corrected chi connectivity index (χ1v) is 15.1. The summed E-state index contributed by atoms with van der Waals surface area (Å²) in [5.41, 5.74) is 2.93. The van der Waals surface area contributed by atoms with Crippen molar-refractivity contribution in [1.29, 1.82) is 0 Å². The molecule has 0 saturated heterocycles. The molecular formula is C34H30BrFN4O5. The van der Waals surface area contributed by atoms with Gasteiger partial charge in [-0.25, -0.2) is 9.37 Å². The molecule has 230 valence electrons. The van der Waals surface area contributed by atoms with Crippen LogP contribution in [-0.4, -0.2) is 27.4 Å². The molecule has 0 atom stereocenters. The van der Waals surface area contributed by atoms with Gasteiger partial charge in [0, 0.05) is 21.7 Å². The van der Waals surface area contributed by atoms with Gasteiger partial charge in [-0.1, -0.05) is 54.0 Å². The van der Waals surface area contributed by atoms with Crippen LogP contribution in [0, 0.1) is 22.9 Å². The number of halogens is 2. The van der Waals surface area contributed by atoms with Gasteiger partial charge >= 0.3 is 5.69 Å². The Balaban J connectivity index is 1.70. The van der Waals surface area contributed by atoms with Gasteiger partial charge in [-0.05, 0) is 78.9 Å². The minimum atomic E-state index is -0.574. The summed E-state index contributed by atoms with van der Waals surface area (Å²) in [6.45, 7) is 8.32. The zero-order valence-corrected chi connectivity index (χ0v) is 26.7. The number of aromatic nitrogens is 2. The summed E-state index contributed by atoms with van der Waals surface area (Å²) in [5, 5.41) is 16.9. The van der Waals surface area contributed by atoms with E-state index in [9.17, 15) is 19.3 Å². The molecule has 0 radical (unpaired) electrons. The first kappa shape index (κ1) is 31.5. The third-order valence-corrected chi connectivity index (χ3v) is 7.58. The maximum Gasteiger partial charge on any atom is 0.312 e. The smallest absolute Gasteiger partial charge is 0.312 e. The van der Waals surface area contributed by atoms with E-state index in [1.165, 1.54) is 35.2 Å². The Labute approximate surface area is 267 Å². The Morgan fingerprint density at radius 2 is 1.87 bits per heavy atom. The van der Waals surface area contributed by atoms with Gasteiger partial charge in [0.2, 0.25) is 5.75 Å². The third-order valence-electron chi connectivity index (χ3n) is 7.12. The van der Waals surface area contributed by atoms with Crippen LogP contribution < -0.4 is 15.0 Å². The minimum Gasteiger partial charge on any atom is -0.494 e. The molecule has 5 aromatic rings. The lowest BCUT2D eigenvalue weighted by Crippen LogP contribution is -2.21. The lowest BCUT2D eigenvalue weighted by molar-refractivity contribution is -0.386. The monoisotopic (exact) mass is 672 g/mol. The molecule has 11 heteroatoms. The number of ether oxygens (including phenoxy) is 2. The van der Waals surface area contributed by atoms with Gasteiger partial charge in [-0.3, -0.25) is 14.9 Å².